The lowest BCUT2D eigenvalue weighted by Gasteiger charge is -2.52. The SMILES string of the molecule is CC12CCC3c4ccc(O)cc4CCC3C1CC[C@@]2(O)C=Cc1cccc2ccccc12. The van der Waals surface area contributed by atoms with Crippen LogP contribution >= 0.6 is 0 Å². The van der Waals surface area contributed by atoms with Crippen molar-refractivity contribution in [1.29, 1.82) is 0 Å². The number of phenols is 1. The van der Waals surface area contributed by atoms with Crippen LogP contribution in [0.5, 0.6) is 5.75 Å². The van der Waals surface area contributed by atoms with Crippen molar-refractivity contribution >= 4 is 16.8 Å². The van der Waals surface area contributed by atoms with E-state index < -0.39 is 5.60 Å². The van der Waals surface area contributed by atoms with Crippen LogP contribution in [0.3, 0.4) is 0 Å². The molecule has 2 saturated carbocycles. The summed E-state index contributed by atoms with van der Waals surface area (Å²) in [7, 11) is 0. The molecule has 2 nitrogen and oxygen atoms in total. The van der Waals surface area contributed by atoms with Gasteiger partial charge in [-0.1, -0.05) is 67.6 Å². The first-order valence-electron chi connectivity index (χ1n) is 12.2. The molecule has 3 aliphatic rings. The van der Waals surface area contributed by atoms with E-state index in [1.54, 1.807) is 0 Å². The minimum Gasteiger partial charge on any atom is -0.508 e. The van der Waals surface area contributed by atoms with Crippen LogP contribution < -0.4 is 0 Å². The molecule has 0 saturated heterocycles. The fourth-order valence-corrected chi connectivity index (χ4v) is 7.52. The Kier molecular flexibility index (Phi) is 4.52. The van der Waals surface area contributed by atoms with E-state index in [1.165, 1.54) is 33.9 Å². The first-order chi connectivity index (χ1) is 15.5. The van der Waals surface area contributed by atoms with Crippen molar-refractivity contribution in [1.82, 2.24) is 0 Å². The maximum atomic E-state index is 12.0. The van der Waals surface area contributed by atoms with Gasteiger partial charge in [0.15, 0.2) is 0 Å². The Morgan fingerprint density at radius 3 is 2.69 bits per heavy atom. The number of fused-ring (bicyclic) bond motifs is 6. The van der Waals surface area contributed by atoms with Crippen molar-refractivity contribution in [3.63, 3.8) is 0 Å². The van der Waals surface area contributed by atoms with E-state index in [4.69, 9.17) is 0 Å². The third-order valence-corrected chi connectivity index (χ3v) is 9.29. The summed E-state index contributed by atoms with van der Waals surface area (Å²) >= 11 is 0. The van der Waals surface area contributed by atoms with Gasteiger partial charge in [-0.05, 0) is 95.9 Å². The summed E-state index contributed by atoms with van der Waals surface area (Å²) in [4.78, 5) is 0. The number of phenolic OH excluding ortho intramolecular Hbond substituents is 1. The van der Waals surface area contributed by atoms with Crippen LogP contribution in [0.25, 0.3) is 16.8 Å². The number of aromatic hydroxyl groups is 1. The van der Waals surface area contributed by atoms with Gasteiger partial charge in [0, 0.05) is 5.41 Å². The second-order valence-corrected chi connectivity index (χ2v) is 10.6. The highest BCUT2D eigenvalue weighted by molar-refractivity contribution is 5.90. The second-order valence-electron chi connectivity index (χ2n) is 10.6. The van der Waals surface area contributed by atoms with Crippen molar-refractivity contribution in [2.75, 3.05) is 0 Å². The van der Waals surface area contributed by atoms with E-state index in [0.717, 1.165) is 32.1 Å². The molecule has 164 valence electrons. The Bertz CT molecular complexity index is 1210. The Morgan fingerprint density at radius 2 is 1.78 bits per heavy atom. The molecule has 4 unspecified atom stereocenters. The van der Waals surface area contributed by atoms with Crippen LogP contribution in [-0.4, -0.2) is 15.8 Å². The van der Waals surface area contributed by atoms with E-state index in [-0.39, 0.29) is 5.41 Å². The molecule has 0 aromatic heterocycles. The molecule has 2 N–H and O–H groups in total. The second kappa shape index (κ2) is 7.22. The van der Waals surface area contributed by atoms with Crippen LogP contribution in [0.1, 0.15) is 61.6 Å². The van der Waals surface area contributed by atoms with Crippen LogP contribution in [0, 0.1) is 17.3 Å². The lowest BCUT2D eigenvalue weighted by Crippen LogP contribution is -2.49. The Hall–Kier alpha value is -2.58. The summed E-state index contributed by atoms with van der Waals surface area (Å²) in [5, 5.41) is 24.4. The Morgan fingerprint density at radius 1 is 0.938 bits per heavy atom. The summed E-state index contributed by atoms with van der Waals surface area (Å²) in [6, 6.07) is 20.9. The molecular weight excluding hydrogens is 392 g/mol. The van der Waals surface area contributed by atoms with Crippen LogP contribution in [0.15, 0.2) is 66.7 Å². The van der Waals surface area contributed by atoms with Crippen molar-refractivity contribution in [2.24, 2.45) is 17.3 Å². The highest BCUT2D eigenvalue weighted by Gasteiger charge is 2.60. The lowest BCUT2D eigenvalue weighted by atomic mass is 9.53. The van der Waals surface area contributed by atoms with Crippen LogP contribution in [-0.2, 0) is 6.42 Å². The third kappa shape index (κ3) is 2.89. The molecule has 3 aromatic rings. The summed E-state index contributed by atoms with van der Waals surface area (Å²) in [6.07, 6.45) is 10.6. The van der Waals surface area contributed by atoms with E-state index in [1.807, 2.05) is 12.1 Å². The van der Waals surface area contributed by atoms with Gasteiger partial charge in [-0.15, -0.1) is 0 Å². The monoisotopic (exact) mass is 424 g/mol. The molecule has 32 heavy (non-hydrogen) atoms. The van der Waals surface area contributed by atoms with E-state index >= 15 is 0 Å². The maximum Gasteiger partial charge on any atom is 0.115 e. The zero-order valence-electron chi connectivity index (χ0n) is 18.8. The predicted molar refractivity (Wildman–Crippen MR) is 131 cm³/mol. The molecule has 0 aliphatic heterocycles. The van der Waals surface area contributed by atoms with Gasteiger partial charge in [0.25, 0.3) is 0 Å². The standard InChI is InChI=1S/C30H32O2/c1-29-16-14-26-25-12-10-23(31)19-22(25)9-11-27(26)28(29)15-18-30(29,32)17-13-21-7-4-6-20-5-2-3-8-24(20)21/h2-8,10,12-13,17,19,26-28,31-32H,9,11,14-16,18H2,1H3/t26?,27?,28?,29?,30-/m0/s1. The van der Waals surface area contributed by atoms with Gasteiger partial charge in [-0.25, -0.2) is 0 Å². The molecule has 6 rings (SSSR count). The largest absolute Gasteiger partial charge is 0.508 e. The first-order valence-corrected chi connectivity index (χ1v) is 12.2. The van der Waals surface area contributed by atoms with Gasteiger partial charge in [-0.2, -0.15) is 0 Å². The highest BCUT2D eigenvalue weighted by atomic mass is 16.3. The number of aliphatic hydroxyl groups is 1. The quantitative estimate of drug-likeness (QED) is 0.472. The van der Waals surface area contributed by atoms with E-state index in [2.05, 4.69) is 67.6 Å². The van der Waals surface area contributed by atoms with E-state index in [9.17, 15) is 10.2 Å². The third-order valence-electron chi connectivity index (χ3n) is 9.29. The van der Waals surface area contributed by atoms with Gasteiger partial charge in [0.05, 0.1) is 5.60 Å². The zero-order chi connectivity index (χ0) is 21.9. The van der Waals surface area contributed by atoms with E-state index in [0.29, 0.717) is 23.5 Å². The molecule has 5 atom stereocenters. The summed E-state index contributed by atoms with van der Waals surface area (Å²) in [5.74, 6) is 2.13. The summed E-state index contributed by atoms with van der Waals surface area (Å²) in [6.45, 7) is 2.35. The number of hydrogen-bond donors (Lipinski definition) is 2. The number of hydrogen-bond acceptors (Lipinski definition) is 2. The fourth-order valence-electron chi connectivity index (χ4n) is 7.52. The molecule has 0 amide bonds. The molecular formula is C30H32O2. The van der Waals surface area contributed by atoms with Crippen molar-refractivity contribution < 1.29 is 10.2 Å². The highest BCUT2D eigenvalue weighted by Crippen LogP contribution is 2.64. The molecule has 2 heteroatoms. The molecule has 2 fully saturated rings. The fraction of sp³-hybridized carbons (Fsp3) is 0.400. The summed E-state index contributed by atoms with van der Waals surface area (Å²) < 4.78 is 0. The van der Waals surface area contributed by atoms with Gasteiger partial charge < -0.3 is 10.2 Å². The molecule has 0 radical (unpaired) electrons. The van der Waals surface area contributed by atoms with Gasteiger partial charge in [0.1, 0.15) is 5.75 Å². The molecule has 3 aliphatic carbocycles. The first kappa shape index (κ1) is 20.1. The van der Waals surface area contributed by atoms with Gasteiger partial charge in [-0.3, -0.25) is 0 Å². The average molecular weight is 425 g/mol. The number of aryl methyl sites for hydroxylation is 1. The van der Waals surface area contributed by atoms with Crippen molar-refractivity contribution in [3.05, 3.63) is 83.4 Å². The smallest absolute Gasteiger partial charge is 0.115 e. The minimum atomic E-state index is -0.755. The number of rotatable bonds is 2. The zero-order valence-corrected chi connectivity index (χ0v) is 18.8. The number of benzene rings is 3. The molecule has 0 heterocycles. The van der Waals surface area contributed by atoms with Crippen LogP contribution in [0.4, 0.5) is 0 Å². The predicted octanol–water partition coefficient (Wildman–Crippen LogP) is 6.85. The minimum absolute atomic E-state index is 0.0797. The van der Waals surface area contributed by atoms with Gasteiger partial charge >= 0.3 is 0 Å². The molecule has 0 spiro atoms. The van der Waals surface area contributed by atoms with Crippen LogP contribution in [0.2, 0.25) is 0 Å². The normalized spacial score (nSPS) is 33.8. The van der Waals surface area contributed by atoms with Crippen molar-refractivity contribution in [3.8, 4) is 5.75 Å². The van der Waals surface area contributed by atoms with Crippen molar-refractivity contribution in [2.45, 2.75) is 57.0 Å². The molecule has 3 aromatic carbocycles. The molecule has 0 bridgehead atoms. The lowest BCUT2D eigenvalue weighted by molar-refractivity contribution is -0.0705. The Labute approximate surface area is 190 Å². The summed E-state index contributed by atoms with van der Waals surface area (Å²) in [5.41, 5.74) is 3.13. The average Bonchev–Trinajstić information content (AvgIpc) is 3.08. The Balaban J connectivity index is 1.32. The topological polar surface area (TPSA) is 40.5 Å². The van der Waals surface area contributed by atoms with Gasteiger partial charge in [0.2, 0.25) is 0 Å². The maximum absolute atomic E-state index is 12.0.